The molecule has 1 unspecified atom stereocenters. The van der Waals surface area contributed by atoms with Gasteiger partial charge in [-0.15, -0.1) is 0 Å². The molecule has 3 nitrogen and oxygen atoms in total. The van der Waals surface area contributed by atoms with Crippen molar-refractivity contribution in [2.24, 2.45) is 5.92 Å². The van der Waals surface area contributed by atoms with Crippen LogP contribution in [0.25, 0.3) is 0 Å². The number of hydrogen-bond donors (Lipinski definition) is 0. The van der Waals surface area contributed by atoms with Gasteiger partial charge in [-0.1, -0.05) is 6.07 Å². The zero-order valence-corrected chi connectivity index (χ0v) is 12.5. The van der Waals surface area contributed by atoms with Crippen LogP contribution in [-0.4, -0.2) is 37.6 Å². The fourth-order valence-electron chi connectivity index (χ4n) is 2.30. The first-order valence-corrected chi connectivity index (χ1v) is 7.16. The number of rotatable bonds is 3. The van der Waals surface area contributed by atoms with Crippen LogP contribution in [-0.2, 0) is 4.74 Å². The second kappa shape index (κ2) is 6.48. The lowest BCUT2D eigenvalue weighted by Crippen LogP contribution is -2.35. The fourth-order valence-corrected chi connectivity index (χ4v) is 2.66. The van der Waals surface area contributed by atoms with Crippen molar-refractivity contribution in [1.82, 2.24) is 4.90 Å². The summed E-state index contributed by atoms with van der Waals surface area (Å²) in [5.41, 5.74) is 0.105. The number of ether oxygens (including phenoxy) is 1. The van der Waals surface area contributed by atoms with E-state index < -0.39 is 5.82 Å². The lowest BCUT2D eigenvalue weighted by molar-refractivity contribution is 0.0387. The molecule has 0 N–H and O–H groups in total. The van der Waals surface area contributed by atoms with Crippen molar-refractivity contribution in [3.63, 3.8) is 0 Å². The van der Waals surface area contributed by atoms with Crippen LogP contribution >= 0.6 is 15.9 Å². The molecule has 1 fully saturated rings. The van der Waals surface area contributed by atoms with Gasteiger partial charge >= 0.3 is 0 Å². The van der Waals surface area contributed by atoms with Gasteiger partial charge in [-0.3, -0.25) is 4.79 Å². The molecule has 0 radical (unpaired) electrons. The van der Waals surface area contributed by atoms with Gasteiger partial charge in [0.25, 0.3) is 5.91 Å². The van der Waals surface area contributed by atoms with E-state index in [9.17, 15) is 9.18 Å². The lowest BCUT2D eigenvalue weighted by Gasteiger charge is -2.27. The molecule has 5 heteroatoms. The predicted molar refractivity (Wildman–Crippen MR) is 74.6 cm³/mol. The van der Waals surface area contributed by atoms with E-state index in [1.165, 1.54) is 6.07 Å². The molecule has 1 aromatic carbocycles. The standard InChI is InChI=1S/C14H17BrFNO2/c1-17(8-10-4-3-7-19-9-10)14(18)11-5-2-6-12(15)13(11)16/h2,5-6,10H,3-4,7-9H2,1H3. The molecule has 104 valence electrons. The average molecular weight is 330 g/mol. The first-order chi connectivity index (χ1) is 9.09. The van der Waals surface area contributed by atoms with Crippen molar-refractivity contribution in [2.45, 2.75) is 12.8 Å². The van der Waals surface area contributed by atoms with Crippen molar-refractivity contribution in [3.8, 4) is 0 Å². The summed E-state index contributed by atoms with van der Waals surface area (Å²) >= 11 is 3.10. The fraction of sp³-hybridized carbons (Fsp3) is 0.500. The third-order valence-electron chi connectivity index (χ3n) is 3.32. The van der Waals surface area contributed by atoms with Crippen LogP contribution in [0.2, 0.25) is 0 Å². The van der Waals surface area contributed by atoms with Crippen molar-refractivity contribution < 1.29 is 13.9 Å². The molecule has 0 bridgehead atoms. The van der Waals surface area contributed by atoms with E-state index in [2.05, 4.69) is 15.9 Å². The number of halogens is 2. The summed E-state index contributed by atoms with van der Waals surface area (Å²) < 4.78 is 19.6. The highest BCUT2D eigenvalue weighted by Gasteiger charge is 2.22. The van der Waals surface area contributed by atoms with E-state index in [1.54, 1.807) is 24.1 Å². The molecular weight excluding hydrogens is 313 g/mol. The molecule has 1 amide bonds. The molecule has 0 saturated carbocycles. The monoisotopic (exact) mass is 329 g/mol. The molecular formula is C14H17BrFNO2. The second-order valence-electron chi connectivity index (χ2n) is 4.87. The maximum atomic E-state index is 13.9. The summed E-state index contributed by atoms with van der Waals surface area (Å²) in [6.45, 7) is 2.08. The quantitative estimate of drug-likeness (QED) is 0.852. The molecule has 0 aromatic heterocycles. The number of benzene rings is 1. The summed E-state index contributed by atoms with van der Waals surface area (Å²) in [4.78, 5) is 13.8. The third kappa shape index (κ3) is 3.54. The summed E-state index contributed by atoms with van der Waals surface area (Å²) in [6.07, 6.45) is 2.08. The van der Waals surface area contributed by atoms with Crippen LogP contribution in [0.3, 0.4) is 0 Å². The Morgan fingerprint density at radius 3 is 3.05 bits per heavy atom. The van der Waals surface area contributed by atoms with Crippen molar-refractivity contribution in [2.75, 3.05) is 26.8 Å². The van der Waals surface area contributed by atoms with Crippen LogP contribution in [0, 0.1) is 11.7 Å². The number of hydrogen-bond acceptors (Lipinski definition) is 2. The largest absolute Gasteiger partial charge is 0.381 e. The van der Waals surface area contributed by atoms with Crippen molar-refractivity contribution in [1.29, 1.82) is 0 Å². The third-order valence-corrected chi connectivity index (χ3v) is 3.93. The van der Waals surface area contributed by atoms with Crippen molar-refractivity contribution >= 4 is 21.8 Å². The minimum Gasteiger partial charge on any atom is -0.381 e. The Balaban J connectivity index is 2.03. The minimum atomic E-state index is -0.501. The van der Waals surface area contributed by atoms with Crippen molar-refractivity contribution in [3.05, 3.63) is 34.1 Å². The molecule has 1 heterocycles. The molecule has 1 aliphatic heterocycles. The van der Waals surface area contributed by atoms with E-state index in [0.29, 0.717) is 23.5 Å². The SMILES string of the molecule is CN(CC1CCCOC1)C(=O)c1cccc(Br)c1F. The van der Waals surface area contributed by atoms with E-state index in [-0.39, 0.29) is 11.5 Å². The summed E-state index contributed by atoms with van der Waals surface area (Å²) in [5, 5.41) is 0. The number of carbonyl (C=O) groups excluding carboxylic acids is 1. The Bertz CT molecular complexity index is 461. The van der Waals surface area contributed by atoms with Crippen LogP contribution in [0.15, 0.2) is 22.7 Å². The van der Waals surface area contributed by atoms with Gasteiger partial charge in [0.15, 0.2) is 0 Å². The Kier molecular flexibility index (Phi) is 4.93. The van der Waals surface area contributed by atoms with Gasteiger partial charge in [-0.25, -0.2) is 4.39 Å². The predicted octanol–water partition coefficient (Wildman–Crippen LogP) is 3.09. The minimum absolute atomic E-state index is 0.105. The Hall–Kier alpha value is -0.940. The summed E-state index contributed by atoms with van der Waals surface area (Å²) in [5.74, 6) is -0.443. The molecule has 1 aromatic rings. The van der Waals surface area contributed by atoms with Crippen LogP contribution in [0.5, 0.6) is 0 Å². The Labute approximate surface area is 120 Å². The highest BCUT2D eigenvalue weighted by molar-refractivity contribution is 9.10. The Morgan fingerprint density at radius 1 is 1.58 bits per heavy atom. The van der Waals surface area contributed by atoms with E-state index in [4.69, 9.17) is 4.74 Å². The molecule has 1 saturated heterocycles. The molecule has 19 heavy (non-hydrogen) atoms. The van der Waals surface area contributed by atoms with Gasteiger partial charge < -0.3 is 9.64 Å². The maximum absolute atomic E-state index is 13.9. The van der Waals surface area contributed by atoms with Gasteiger partial charge in [-0.05, 0) is 46.8 Å². The van der Waals surface area contributed by atoms with Gasteiger partial charge in [0.05, 0.1) is 16.6 Å². The van der Waals surface area contributed by atoms with Gasteiger partial charge in [0.1, 0.15) is 5.82 Å². The highest BCUT2D eigenvalue weighted by Crippen LogP contribution is 2.21. The smallest absolute Gasteiger partial charge is 0.256 e. The zero-order valence-electron chi connectivity index (χ0n) is 10.9. The van der Waals surface area contributed by atoms with Crippen LogP contribution < -0.4 is 0 Å². The zero-order chi connectivity index (χ0) is 13.8. The van der Waals surface area contributed by atoms with E-state index in [0.717, 1.165) is 19.4 Å². The number of nitrogens with zero attached hydrogens (tertiary/aromatic N) is 1. The Morgan fingerprint density at radius 2 is 2.37 bits per heavy atom. The van der Waals surface area contributed by atoms with Gasteiger partial charge in [-0.2, -0.15) is 0 Å². The molecule has 0 aliphatic carbocycles. The topological polar surface area (TPSA) is 29.5 Å². The number of amides is 1. The highest BCUT2D eigenvalue weighted by atomic mass is 79.9. The molecule has 0 spiro atoms. The normalized spacial score (nSPS) is 19.2. The molecule has 1 aliphatic rings. The first-order valence-electron chi connectivity index (χ1n) is 6.37. The van der Waals surface area contributed by atoms with E-state index in [1.807, 2.05) is 0 Å². The first kappa shape index (κ1) is 14.5. The maximum Gasteiger partial charge on any atom is 0.256 e. The second-order valence-corrected chi connectivity index (χ2v) is 5.72. The van der Waals surface area contributed by atoms with Crippen LogP contribution in [0.4, 0.5) is 4.39 Å². The summed E-state index contributed by atoms with van der Waals surface area (Å²) in [7, 11) is 1.71. The average Bonchev–Trinajstić information content (AvgIpc) is 2.42. The molecule has 1 atom stereocenters. The van der Waals surface area contributed by atoms with E-state index >= 15 is 0 Å². The van der Waals surface area contributed by atoms with Crippen LogP contribution in [0.1, 0.15) is 23.2 Å². The summed E-state index contributed by atoms with van der Waals surface area (Å²) in [6, 6.07) is 4.76. The molecule has 2 rings (SSSR count). The van der Waals surface area contributed by atoms with Gasteiger partial charge in [0.2, 0.25) is 0 Å². The van der Waals surface area contributed by atoms with Gasteiger partial charge in [0, 0.05) is 20.2 Å². The lowest BCUT2D eigenvalue weighted by atomic mass is 10.0. The number of carbonyl (C=O) groups is 1.